The van der Waals surface area contributed by atoms with E-state index in [1.165, 1.54) is 7.11 Å². The minimum atomic E-state index is -4.43. The lowest BCUT2D eigenvalue weighted by atomic mass is 10.2. The Balaban J connectivity index is 2.46. The monoisotopic (exact) mass is 277 g/mol. The Kier molecular flexibility index (Phi) is 5.17. The molecular formula is C12H14F3NO3. The summed E-state index contributed by atoms with van der Waals surface area (Å²) in [7, 11) is 1.52. The van der Waals surface area contributed by atoms with Crippen molar-refractivity contribution in [2.45, 2.75) is 13.1 Å². The molecule has 0 heterocycles. The van der Waals surface area contributed by atoms with E-state index >= 15 is 0 Å². The number of alkyl halides is 3. The number of hydrogen-bond donors (Lipinski definition) is 1. The normalized spacial score (nSPS) is 11.2. The molecule has 19 heavy (non-hydrogen) atoms. The second-order valence-electron chi connectivity index (χ2n) is 3.84. The quantitative estimate of drug-likeness (QED) is 0.899. The van der Waals surface area contributed by atoms with Gasteiger partial charge in [-0.25, -0.2) is 0 Å². The Bertz CT molecular complexity index is 446. The minimum Gasteiger partial charge on any atom is -0.496 e. The third-order valence-electron chi connectivity index (χ3n) is 2.18. The van der Waals surface area contributed by atoms with Crippen LogP contribution in [-0.2, 0) is 9.53 Å². The standard InChI is InChI=1S/C12H14F3NO3/c1-8-5-9(3-4-10(8)18-2)16-11(17)6-19-7-12(13,14)15/h3-5H,6-7H2,1-2H3,(H,16,17). The van der Waals surface area contributed by atoms with Crippen molar-refractivity contribution in [1.29, 1.82) is 0 Å². The van der Waals surface area contributed by atoms with Crippen LogP contribution >= 0.6 is 0 Å². The predicted octanol–water partition coefficient (Wildman–Crippen LogP) is 2.52. The summed E-state index contributed by atoms with van der Waals surface area (Å²) in [5, 5.41) is 2.43. The number of nitrogens with one attached hydrogen (secondary N) is 1. The van der Waals surface area contributed by atoms with Crippen LogP contribution in [0.15, 0.2) is 18.2 Å². The van der Waals surface area contributed by atoms with E-state index in [1.807, 2.05) is 0 Å². The number of ether oxygens (including phenoxy) is 2. The van der Waals surface area contributed by atoms with Gasteiger partial charge in [0.15, 0.2) is 0 Å². The SMILES string of the molecule is COc1ccc(NC(=O)COCC(F)(F)F)cc1C. The molecule has 0 atom stereocenters. The topological polar surface area (TPSA) is 47.6 Å². The Morgan fingerprint density at radius 3 is 2.58 bits per heavy atom. The summed E-state index contributed by atoms with van der Waals surface area (Å²) in [6.07, 6.45) is -4.43. The van der Waals surface area contributed by atoms with Crippen molar-refractivity contribution in [2.75, 3.05) is 25.6 Å². The van der Waals surface area contributed by atoms with E-state index in [-0.39, 0.29) is 0 Å². The van der Waals surface area contributed by atoms with E-state index in [4.69, 9.17) is 4.74 Å². The fraction of sp³-hybridized carbons (Fsp3) is 0.417. The summed E-state index contributed by atoms with van der Waals surface area (Å²) in [6.45, 7) is -0.304. The van der Waals surface area contributed by atoms with Gasteiger partial charge in [0.2, 0.25) is 5.91 Å². The molecule has 0 unspecified atom stereocenters. The van der Waals surface area contributed by atoms with Gasteiger partial charge < -0.3 is 14.8 Å². The fourth-order valence-electron chi connectivity index (χ4n) is 1.41. The van der Waals surface area contributed by atoms with Crippen LogP contribution < -0.4 is 10.1 Å². The fourth-order valence-corrected chi connectivity index (χ4v) is 1.41. The number of rotatable bonds is 5. The van der Waals surface area contributed by atoms with E-state index < -0.39 is 25.3 Å². The van der Waals surface area contributed by atoms with Gasteiger partial charge in [-0.05, 0) is 30.7 Å². The van der Waals surface area contributed by atoms with Crippen molar-refractivity contribution in [2.24, 2.45) is 0 Å². The van der Waals surface area contributed by atoms with Crippen molar-refractivity contribution >= 4 is 11.6 Å². The summed E-state index contributed by atoms with van der Waals surface area (Å²) in [5.74, 6) is 0.0140. The zero-order valence-electron chi connectivity index (χ0n) is 10.5. The molecule has 0 saturated heterocycles. The zero-order chi connectivity index (χ0) is 14.5. The Morgan fingerprint density at radius 2 is 2.05 bits per heavy atom. The lowest BCUT2D eigenvalue weighted by molar-refractivity contribution is -0.174. The number of anilines is 1. The molecule has 0 radical (unpaired) electrons. The maximum absolute atomic E-state index is 11.8. The summed E-state index contributed by atoms with van der Waals surface area (Å²) >= 11 is 0. The van der Waals surface area contributed by atoms with Crippen molar-refractivity contribution in [3.8, 4) is 5.75 Å². The molecule has 0 aliphatic carbocycles. The van der Waals surface area contributed by atoms with Crippen LogP contribution in [0.5, 0.6) is 5.75 Å². The second-order valence-corrected chi connectivity index (χ2v) is 3.84. The number of carbonyl (C=O) groups excluding carboxylic acids is 1. The number of aryl methyl sites for hydroxylation is 1. The van der Waals surface area contributed by atoms with Gasteiger partial charge >= 0.3 is 6.18 Å². The number of hydrogen-bond acceptors (Lipinski definition) is 3. The van der Waals surface area contributed by atoms with Gasteiger partial charge in [0, 0.05) is 5.69 Å². The van der Waals surface area contributed by atoms with Crippen LogP contribution in [0.4, 0.5) is 18.9 Å². The van der Waals surface area contributed by atoms with Crippen molar-refractivity contribution in [1.82, 2.24) is 0 Å². The van der Waals surface area contributed by atoms with Crippen LogP contribution in [0.25, 0.3) is 0 Å². The Labute approximate surface area is 108 Å². The van der Waals surface area contributed by atoms with Crippen molar-refractivity contribution in [3.05, 3.63) is 23.8 Å². The van der Waals surface area contributed by atoms with E-state index in [0.29, 0.717) is 11.4 Å². The predicted molar refractivity (Wildman–Crippen MR) is 63.2 cm³/mol. The van der Waals surface area contributed by atoms with Crippen LogP contribution in [0, 0.1) is 6.92 Å². The molecule has 7 heteroatoms. The first-order chi connectivity index (χ1) is 8.81. The second kappa shape index (κ2) is 6.42. The number of amides is 1. The highest BCUT2D eigenvalue weighted by atomic mass is 19.4. The smallest absolute Gasteiger partial charge is 0.411 e. The van der Waals surface area contributed by atoms with Crippen LogP contribution in [0.1, 0.15) is 5.56 Å². The Hall–Kier alpha value is -1.76. The molecule has 1 N–H and O–H groups in total. The zero-order valence-corrected chi connectivity index (χ0v) is 10.5. The lowest BCUT2D eigenvalue weighted by Crippen LogP contribution is -2.24. The molecule has 0 saturated carbocycles. The summed E-state index contributed by atoms with van der Waals surface area (Å²) in [5.41, 5.74) is 1.27. The van der Waals surface area contributed by atoms with Crippen LogP contribution in [0.2, 0.25) is 0 Å². The van der Waals surface area contributed by atoms with Crippen LogP contribution in [-0.4, -0.2) is 32.4 Å². The number of halogens is 3. The molecule has 106 valence electrons. The van der Waals surface area contributed by atoms with Gasteiger partial charge in [-0.15, -0.1) is 0 Å². The first kappa shape index (κ1) is 15.3. The van der Waals surface area contributed by atoms with E-state index in [0.717, 1.165) is 5.56 Å². The highest BCUT2D eigenvalue weighted by Gasteiger charge is 2.27. The van der Waals surface area contributed by atoms with Gasteiger partial charge in [0.1, 0.15) is 19.0 Å². The molecular weight excluding hydrogens is 263 g/mol. The van der Waals surface area contributed by atoms with Gasteiger partial charge in [-0.1, -0.05) is 0 Å². The van der Waals surface area contributed by atoms with Gasteiger partial charge in [0.25, 0.3) is 0 Å². The van der Waals surface area contributed by atoms with E-state index in [2.05, 4.69) is 10.1 Å². The van der Waals surface area contributed by atoms with Crippen molar-refractivity contribution < 1.29 is 27.4 Å². The molecule has 1 amide bonds. The summed E-state index contributed by atoms with van der Waals surface area (Å²) in [4.78, 5) is 11.3. The maximum Gasteiger partial charge on any atom is 0.411 e. The molecule has 0 aromatic heterocycles. The highest BCUT2D eigenvalue weighted by Crippen LogP contribution is 2.21. The molecule has 1 rings (SSSR count). The molecule has 1 aromatic carbocycles. The van der Waals surface area contributed by atoms with E-state index in [1.54, 1.807) is 25.1 Å². The molecule has 0 aliphatic rings. The lowest BCUT2D eigenvalue weighted by Gasteiger charge is -2.10. The van der Waals surface area contributed by atoms with E-state index in [9.17, 15) is 18.0 Å². The Morgan fingerprint density at radius 1 is 1.37 bits per heavy atom. The molecule has 0 bridgehead atoms. The molecule has 0 fully saturated rings. The molecule has 1 aromatic rings. The van der Waals surface area contributed by atoms with Gasteiger partial charge in [-0.3, -0.25) is 4.79 Å². The third kappa shape index (κ3) is 5.60. The largest absolute Gasteiger partial charge is 0.496 e. The average Bonchev–Trinajstić information content (AvgIpc) is 2.27. The average molecular weight is 277 g/mol. The summed E-state index contributed by atoms with van der Waals surface area (Å²) < 4.78 is 44.7. The molecule has 0 aliphatic heterocycles. The maximum atomic E-state index is 11.8. The first-order valence-corrected chi connectivity index (χ1v) is 5.41. The first-order valence-electron chi connectivity index (χ1n) is 5.41. The molecule has 4 nitrogen and oxygen atoms in total. The minimum absolute atomic E-state index is 0.471. The van der Waals surface area contributed by atoms with Crippen LogP contribution in [0.3, 0.4) is 0 Å². The number of carbonyl (C=O) groups is 1. The van der Waals surface area contributed by atoms with Gasteiger partial charge in [-0.2, -0.15) is 13.2 Å². The molecule has 0 spiro atoms. The van der Waals surface area contributed by atoms with Gasteiger partial charge in [0.05, 0.1) is 7.11 Å². The number of benzene rings is 1. The summed E-state index contributed by atoms with van der Waals surface area (Å²) in [6, 6.07) is 4.90. The highest BCUT2D eigenvalue weighted by molar-refractivity contribution is 5.91. The third-order valence-corrected chi connectivity index (χ3v) is 2.18. The number of methoxy groups -OCH3 is 1. The van der Waals surface area contributed by atoms with Crippen molar-refractivity contribution in [3.63, 3.8) is 0 Å².